The molecular weight excluding hydrogens is 330 g/mol. The Hall–Kier alpha value is -3.27. The van der Waals surface area contributed by atoms with E-state index in [1.165, 1.54) is 29.7 Å². The molecule has 9 nitrogen and oxygen atoms in total. The quantitative estimate of drug-likeness (QED) is 0.322. The van der Waals surface area contributed by atoms with E-state index < -0.39 is 4.92 Å². The second-order valence-corrected chi connectivity index (χ2v) is 5.75. The lowest BCUT2D eigenvalue weighted by Crippen LogP contribution is -2.21. The van der Waals surface area contributed by atoms with Gasteiger partial charge in [0.2, 0.25) is 5.96 Å². The summed E-state index contributed by atoms with van der Waals surface area (Å²) in [5.74, 6) is -0.161. The zero-order valence-corrected chi connectivity index (χ0v) is 13.4. The van der Waals surface area contributed by atoms with Crippen molar-refractivity contribution in [2.24, 2.45) is 21.7 Å². The molecule has 3 rings (SSSR count). The molecule has 0 amide bonds. The second-order valence-electron chi connectivity index (χ2n) is 4.92. The number of imidazole rings is 1. The first kappa shape index (κ1) is 15.6. The van der Waals surface area contributed by atoms with Crippen LogP contribution in [0.25, 0.3) is 16.2 Å². The fraction of sp³-hybridized carbons (Fsp3) is 0.0714. The average Bonchev–Trinajstić information content (AvgIpc) is 3.08. The molecule has 4 N–H and O–H groups in total. The molecule has 0 saturated carbocycles. The molecule has 1 aromatic carbocycles. The van der Waals surface area contributed by atoms with Gasteiger partial charge in [0.15, 0.2) is 4.96 Å². The highest BCUT2D eigenvalue weighted by Crippen LogP contribution is 2.29. The lowest BCUT2D eigenvalue weighted by molar-refractivity contribution is -0.384. The minimum atomic E-state index is -0.444. The average molecular weight is 343 g/mol. The maximum Gasteiger partial charge on any atom is 0.270 e. The number of nitro benzene ring substituents is 1. The Balaban J connectivity index is 2.20. The van der Waals surface area contributed by atoms with E-state index in [1.807, 2.05) is 16.7 Å². The largest absolute Gasteiger partial charge is 0.369 e. The molecule has 0 aliphatic heterocycles. The minimum Gasteiger partial charge on any atom is -0.369 e. The van der Waals surface area contributed by atoms with Gasteiger partial charge in [0.1, 0.15) is 0 Å². The SMILES string of the molecule is Cc1csc2nc(-c3cccc([N+](=O)[O-])c3)c(C=NN=C(N)N)n12. The maximum absolute atomic E-state index is 11.0. The molecule has 122 valence electrons. The number of aryl methyl sites for hydroxylation is 1. The van der Waals surface area contributed by atoms with E-state index in [2.05, 4.69) is 15.2 Å². The van der Waals surface area contributed by atoms with Crippen LogP contribution >= 0.6 is 11.3 Å². The van der Waals surface area contributed by atoms with Crippen LogP contribution in [0.5, 0.6) is 0 Å². The van der Waals surface area contributed by atoms with Gasteiger partial charge in [0.25, 0.3) is 5.69 Å². The summed E-state index contributed by atoms with van der Waals surface area (Å²) >= 11 is 1.46. The molecule has 0 unspecified atom stereocenters. The smallest absolute Gasteiger partial charge is 0.270 e. The van der Waals surface area contributed by atoms with Gasteiger partial charge in [-0.2, -0.15) is 5.10 Å². The number of guanidine groups is 1. The highest BCUT2D eigenvalue weighted by molar-refractivity contribution is 7.15. The van der Waals surface area contributed by atoms with Gasteiger partial charge in [-0.3, -0.25) is 14.5 Å². The standard InChI is InChI=1S/C14H13N7O2S/c1-8-7-24-14-18-12(9-3-2-4-10(5-9)21(22)23)11(20(8)14)6-17-19-13(15)16/h2-7H,1H3,(H4,15,16,19). The monoisotopic (exact) mass is 343 g/mol. The molecule has 0 aliphatic carbocycles. The van der Waals surface area contributed by atoms with Gasteiger partial charge in [0.05, 0.1) is 22.5 Å². The first-order valence-electron chi connectivity index (χ1n) is 6.80. The van der Waals surface area contributed by atoms with Gasteiger partial charge < -0.3 is 11.5 Å². The first-order chi connectivity index (χ1) is 11.5. The number of benzene rings is 1. The van der Waals surface area contributed by atoms with Crippen LogP contribution in [0.15, 0.2) is 39.8 Å². The highest BCUT2D eigenvalue weighted by atomic mass is 32.1. The fourth-order valence-electron chi connectivity index (χ4n) is 2.27. The van der Waals surface area contributed by atoms with E-state index >= 15 is 0 Å². The van der Waals surface area contributed by atoms with Crippen LogP contribution in [0, 0.1) is 17.0 Å². The molecule has 0 atom stereocenters. The van der Waals surface area contributed by atoms with Crippen molar-refractivity contribution in [1.82, 2.24) is 9.38 Å². The third-order valence-electron chi connectivity index (χ3n) is 3.25. The molecule has 0 fully saturated rings. The van der Waals surface area contributed by atoms with Gasteiger partial charge in [-0.15, -0.1) is 16.4 Å². The molecule has 10 heteroatoms. The highest BCUT2D eigenvalue weighted by Gasteiger charge is 2.17. The van der Waals surface area contributed by atoms with Gasteiger partial charge in [-0.1, -0.05) is 12.1 Å². The van der Waals surface area contributed by atoms with Crippen LogP contribution in [0.4, 0.5) is 5.69 Å². The van der Waals surface area contributed by atoms with Gasteiger partial charge in [-0.05, 0) is 6.92 Å². The van der Waals surface area contributed by atoms with Crippen molar-refractivity contribution in [2.75, 3.05) is 0 Å². The van der Waals surface area contributed by atoms with Crippen LogP contribution in [0.1, 0.15) is 11.4 Å². The van der Waals surface area contributed by atoms with Crippen LogP contribution in [-0.2, 0) is 0 Å². The van der Waals surface area contributed by atoms with E-state index in [4.69, 9.17) is 11.5 Å². The Labute approximate surface area is 140 Å². The molecule has 0 aliphatic rings. The Kier molecular flexibility index (Phi) is 3.96. The fourth-order valence-corrected chi connectivity index (χ4v) is 3.14. The van der Waals surface area contributed by atoms with Crippen LogP contribution in [0.2, 0.25) is 0 Å². The predicted octanol–water partition coefficient (Wildman–Crippen LogP) is 1.89. The number of rotatable bonds is 4. The molecule has 0 spiro atoms. The summed E-state index contributed by atoms with van der Waals surface area (Å²) in [5.41, 5.74) is 13.3. The molecule has 2 aromatic heterocycles. The van der Waals surface area contributed by atoms with Crippen molar-refractivity contribution in [3.8, 4) is 11.3 Å². The normalized spacial score (nSPS) is 11.2. The zero-order valence-electron chi connectivity index (χ0n) is 12.6. The van der Waals surface area contributed by atoms with E-state index in [-0.39, 0.29) is 11.6 Å². The van der Waals surface area contributed by atoms with Gasteiger partial charge in [-0.25, -0.2) is 4.98 Å². The summed E-state index contributed by atoms with van der Waals surface area (Å²) in [6.07, 6.45) is 1.48. The van der Waals surface area contributed by atoms with E-state index in [1.54, 1.807) is 12.1 Å². The number of nitrogens with zero attached hydrogens (tertiary/aromatic N) is 5. The number of fused-ring (bicyclic) bond motifs is 1. The lowest BCUT2D eigenvalue weighted by atomic mass is 10.1. The van der Waals surface area contributed by atoms with E-state index in [9.17, 15) is 10.1 Å². The third-order valence-corrected chi connectivity index (χ3v) is 4.20. The van der Waals surface area contributed by atoms with Crippen molar-refractivity contribution < 1.29 is 4.92 Å². The summed E-state index contributed by atoms with van der Waals surface area (Å²) in [4.78, 5) is 15.9. The molecule has 0 radical (unpaired) electrons. The van der Waals surface area contributed by atoms with Crippen LogP contribution in [-0.4, -0.2) is 26.5 Å². The van der Waals surface area contributed by atoms with Crippen molar-refractivity contribution in [3.05, 3.63) is 51.1 Å². The Bertz CT molecular complexity index is 982. The summed E-state index contributed by atoms with van der Waals surface area (Å²) < 4.78 is 1.89. The predicted molar refractivity (Wildman–Crippen MR) is 93.3 cm³/mol. The van der Waals surface area contributed by atoms with Crippen molar-refractivity contribution in [2.45, 2.75) is 6.92 Å². The molecule has 3 aromatic rings. The van der Waals surface area contributed by atoms with Gasteiger partial charge >= 0.3 is 0 Å². The Morgan fingerprint density at radius 1 is 1.46 bits per heavy atom. The molecule has 0 saturated heterocycles. The summed E-state index contributed by atoms with van der Waals surface area (Å²) in [6.45, 7) is 1.93. The molecule has 2 heterocycles. The van der Waals surface area contributed by atoms with Crippen LogP contribution in [0.3, 0.4) is 0 Å². The number of hydrogen-bond donors (Lipinski definition) is 2. The minimum absolute atomic E-state index is 0.00677. The van der Waals surface area contributed by atoms with E-state index in [0.717, 1.165) is 10.7 Å². The summed E-state index contributed by atoms with van der Waals surface area (Å²) in [5, 5.41) is 20.4. The number of non-ortho nitro benzene ring substituents is 1. The zero-order chi connectivity index (χ0) is 17.3. The summed E-state index contributed by atoms with van der Waals surface area (Å²) in [6, 6.07) is 6.28. The molecule has 0 bridgehead atoms. The topological polar surface area (TPSA) is 137 Å². The maximum atomic E-state index is 11.0. The van der Waals surface area contributed by atoms with Crippen molar-refractivity contribution >= 4 is 34.2 Å². The third kappa shape index (κ3) is 2.82. The lowest BCUT2D eigenvalue weighted by Gasteiger charge is -2.01. The number of nitrogens with two attached hydrogens (primary N) is 2. The first-order valence-corrected chi connectivity index (χ1v) is 7.68. The second kappa shape index (κ2) is 6.08. The van der Waals surface area contributed by atoms with Crippen molar-refractivity contribution in [1.29, 1.82) is 0 Å². The molecular formula is C14H13N7O2S. The van der Waals surface area contributed by atoms with E-state index in [0.29, 0.717) is 17.0 Å². The number of hydrogen-bond acceptors (Lipinski definition) is 6. The number of thiazole rings is 1. The van der Waals surface area contributed by atoms with Crippen molar-refractivity contribution in [3.63, 3.8) is 0 Å². The van der Waals surface area contributed by atoms with Gasteiger partial charge in [0, 0.05) is 28.8 Å². The Morgan fingerprint density at radius 2 is 2.25 bits per heavy atom. The summed E-state index contributed by atoms with van der Waals surface area (Å²) in [7, 11) is 0. The number of nitro groups is 1. The Morgan fingerprint density at radius 3 is 2.96 bits per heavy atom. The van der Waals surface area contributed by atoms with Crippen LogP contribution < -0.4 is 11.5 Å². The number of aromatic nitrogens is 2. The molecule has 24 heavy (non-hydrogen) atoms.